The van der Waals surface area contributed by atoms with E-state index in [1.807, 2.05) is 22.7 Å². The first-order chi connectivity index (χ1) is 7.93. The molecule has 0 saturated heterocycles. The molecule has 1 saturated carbocycles. The molecule has 1 aliphatic rings. The molecule has 2 heterocycles. The monoisotopic (exact) mass is 249 g/mol. The van der Waals surface area contributed by atoms with Crippen LogP contribution in [-0.4, -0.2) is 0 Å². The Kier molecular flexibility index (Phi) is 3.09. The SMILES string of the molecule is c1csc(CNC(c2cccs2)C2CC2)c1. The van der Waals surface area contributed by atoms with Crippen molar-refractivity contribution in [1.29, 1.82) is 0 Å². The average Bonchev–Trinajstić information content (AvgIpc) is 2.83. The first kappa shape index (κ1) is 10.5. The number of nitrogens with one attached hydrogen (secondary N) is 1. The predicted molar refractivity (Wildman–Crippen MR) is 70.9 cm³/mol. The molecule has 1 fully saturated rings. The Bertz CT molecular complexity index is 415. The van der Waals surface area contributed by atoms with Crippen LogP contribution in [0.3, 0.4) is 0 Å². The van der Waals surface area contributed by atoms with Crippen LogP contribution >= 0.6 is 22.7 Å². The lowest BCUT2D eigenvalue weighted by molar-refractivity contribution is 0.490. The van der Waals surface area contributed by atoms with Gasteiger partial charge in [0.2, 0.25) is 0 Å². The molecule has 2 aromatic heterocycles. The maximum atomic E-state index is 3.71. The van der Waals surface area contributed by atoms with E-state index in [4.69, 9.17) is 0 Å². The molecular formula is C13H15NS2. The third-order valence-corrected chi connectivity index (χ3v) is 4.85. The minimum absolute atomic E-state index is 0.585. The van der Waals surface area contributed by atoms with Gasteiger partial charge in [-0.1, -0.05) is 12.1 Å². The highest BCUT2D eigenvalue weighted by atomic mass is 32.1. The summed E-state index contributed by atoms with van der Waals surface area (Å²) in [6.45, 7) is 1.01. The lowest BCUT2D eigenvalue weighted by Gasteiger charge is -2.16. The quantitative estimate of drug-likeness (QED) is 0.843. The van der Waals surface area contributed by atoms with Gasteiger partial charge in [0, 0.05) is 22.3 Å². The second-order valence-corrected chi connectivity index (χ2v) is 6.30. The third kappa shape index (κ3) is 2.37. The summed E-state index contributed by atoms with van der Waals surface area (Å²) in [5.74, 6) is 0.874. The zero-order valence-electron chi connectivity index (χ0n) is 9.06. The van der Waals surface area contributed by atoms with Gasteiger partial charge in [-0.2, -0.15) is 0 Å². The largest absolute Gasteiger partial charge is 0.304 e. The summed E-state index contributed by atoms with van der Waals surface area (Å²) < 4.78 is 0. The van der Waals surface area contributed by atoms with Crippen molar-refractivity contribution < 1.29 is 0 Å². The van der Waals surface area contributed by atoms with E-state index >= 15 is 0 Å². The summed E-state index contributed by atoms with van der Waals surface area (Å²) >= 11 is 3.71. The molecule has 0 aliphatic heterocycles. The van der Waals surface area contributed by atoms with Crippen LogP contribution in [0.15, 0.2) is 35.0 Å². The van der Waals surface area contributed by atoms with Crippen LogP contribution in [0.5, 0.6) is 0 Å². The van der Waals surface area contributed by atoms with Crippen molar-refractivity contribution in [3.63, 3.8) is 0 Å². The van der Waals surface area contributed by atoms with Crippen LogP contribution < -0.4 is 5.32 Å². The minimum Gasteiger partial charge on any atom is -0.304 e. The Morgan fingerprint density at radius 2 is 2.00 bits per heavy atom. The van der Waals surface area contributed by atoms with Crippen LogP contribution in [-0.2, 0) is 6.54 Å². The normalized spacial score (nSPS) is 17.5. The van der Waals surface area contributed by atoms with E-state index in [1.165, 1.54) is 22.6 Å². The molecule has 0 amide bonds. The van der Waals surface area contributed by atoms with Gasteiger partial charge in [-0.05, 0) is 41.7 Å². The predicted octanol–water partition coefficient (Wildman–Crippen LogP) is 4.05. The fraction of sp³-hybridized carbons (Fsp3) is 0.385. The fourth-order valence-corrected chi connectivity index (χ4v) is 3.57. The van der Waals surface area contributed by atoms with Crippen LogP contribution in [0.2, 0.25) is 0 Å². The molecule has 1 unspecified atom stereocenters. The van der Waals surface area contributed by atoms with Crippen molar-refractivity contribution in [3.05, 3.63) is 44.8 Å². The van der Waals surface area contributed by atoms with Gasteiger partial charge in [-0.25, -0.2) is 0 Å². The van der Waals surface area contributed by atoms with E-state index in [9.17, 15) is 0 Å². The van der Waals surface area contributed by atoms with Crippen LogP contribution in [0.4, 0.5) is 0 Å². The van der Waals surface area contributed by atoms with Crippen LogP contribution in [0, 0.1) is 5.92 Å². The van der Waals surface area contributed by atoms with Gasteiger partial charge in [-0.3, -0.25) is 0 Å². The van der Waals surface area contributed by atoms with Gasteiger partial charge in [-0.15, -0.1) is 22.7 Å². The second kappa shape index (κ2) is 4.70. The summed E-state index contributed by atoms with van der Waals surface area (Å²) in [4.78, 5) is 2.93. The summed E-state index contributed by atoms with van der Waals surface area (Å²) in [6, 6.07) is 9.33. The average molecular weight is 249 g/mol. The maximum Gasteiger partial charge on any atom is 0.0446 e. The zero-order chi connectivity index (χ0) is 10.8. The summed E-state index contributed by atoms with van der Waals surface area (Å²) in [5, 5.41) is 8.03. The first-order valence-corrected chi connectivity index (χ1v) is 7.48. The van der Waals surface area contributed by atoms with Crippen molar-refractivity contribution >= 4 is 22.7 Å². The van der Waals surface area contributed by atoms with Crippen molar-refractivity contribution in [2.24, 2.45) is 5.92 Å². The molecule has 0 radical (unpaired) electrons. The Hall–Kier alpha value is -0.640. The number of hydrogen-bond acceptors (Lipinski definition) is 3. The Balaban J connectivity index is 1.66. The highest BCUT2D eigenvalue weighted by Gasteiger charge is 2.32. The first-order valence-electron chi connectivity index (χ1n) is 5.72. The van der Waals surface area contributed by atoms with E-state index in [-0.39, 0.29) is 0 Å². The summed E-state index contributed by atoms with van der Waals surface area (Å²) in [7, 11) is 0. The van der Waals surface area contributed by atoms with Gasteiger partial charge in [0.15, 0.2) is 0 Å². The minimum atomic E-state index is 0.585. The van der Waals surface area contributed by atoms with Crippen LogP contribution in [0.25, 0.3) is 0 Å². The van der Waals surface area contributed by atoms with E-state index < -0.39 is 0 Å². The molecule has 1 atom stereocenters. The van der Waals surface area contributed by atoms with Crippen molar-refractivity contribution in [3.8, 4) is 0 Å². The summed E-state index contributed by atoms with van der Waals surface area (Å²) in [6.07, 6.45) is 2.78. The van der Waals surface area contributed by atoms with E-state index in [1.54, 1.807) is 0 Å². The second-order valence-electron chi connectivity index (χ2n) is 4.29. The van der Waals surface area contributed by atoms with Crippen molar-refractivity contribution in [2.45, 2.75) is 25.4 Å². The number of hydrogen-bond donors (Lipinski definition) is 1. The Labute approximate surface area is 104 Å². The number of rotatable bonds is 5. The standard InChI is InChI=1S/C13H15NS2/c1-3-11(15-7-1)9-14-13(10-5-6-10)12-4-2-8-16-12/h1-4,7-8,10,13-14H,5-6,9H2. The molecule has 1 aliphatic carbocycles. The van der Waals surface area contributed by atoms with Crippen molar-refractivity contribution in [2.75, 3.05) is 0 Å². The molecule has 1 nitrogen and oxygen atoms in total. The molecular weight excluding hydrogens is 234 g/mol. The molecule has 0 spiro atoms. The number of thiophene rings is 2. The topological polar surface area (TPSA) is 12.0 Å². The Morgan fingerprint density at radius 3 is 2.62 bits per heavy atom. The highest BCUT2D eigenvalue weighted by molar-refractivity contribution is 7.10. The van der Waals surface area contributed by atoms with E-state index in [0.717, 1.165) is 12.5 Å². The van der Waals surface area contributed by atoms with Gasteiger partial charge in [0.25, 0.3) is 0 Å². The van der Waals surface area contributed by atoms with Gasteiger partial charge in [0.1, 0.15) is 0 Å². The molecule has 84 valence electrons. The molecule has 1 N–H and O–H groups in total. The zero-order valence-corrected chi connectivity index (χ0v) is 10.7. The van der Waals surface area contributed by atoms with Gasteiger partial charge in [0.05, 0.1) is 0 Å². The smallest absolute Gasteiger partial charge is 0.0446 e. The Morgan fingerprint density at radius 1 is 1.19 bits per heavy atom. The molecule has 0 bridgehead atoms. The lowest BCUT2D eigenvalue weighted by atomic mass is 10.1. The molecule has 16 heavy (non-hydrogen) atoms. The molecule has 0 aromatic carbocycles. The molecule has 3 heteroatoms. The third-order valence-electron chi connectivity index (χ3n) is 3.02. The molecule has 3 rings (SSSR count). The highest BCUT2D eigenvalue weighted by Crippen LogP contribution is 2.42. The van der Waals surface area contributed by atoms with E-state index in [0.29, 0.717) is 6.04 Å². The lowest BCUT2D eigenvalue weighted by Crippen LogP contribution is -2.21. The van der Waals surface area contributed by atoms with Gasteiger partial charge >= 0.3 is 0 Å². The molecule has 2 aromatic rings. The van der Waals surface area contributed by atoms with Gasteiger partial charge < -0.3 is 5.32 Å². The summed E-state index contributed by atoms with van der Waals surface area (Å²) in [5.41, 5.74) is 0. The van der Waals surface area contributed by atoms with Crippen LogP contribution in [0.1, 0.15) is 28.6 Å². The maximum absolute atomic E-state index is 3.71. The van der Waals surface area contributed by atoms with Crippen molar-refractivity contribution in [1.82, 2.24) is 5.32 Å². The van der Waals surface area contributed by atoms with E-state index in [2.05, 4.69) is 40.3 Å². The fourth-order valence-electron chi connectivity index (χ4n) is 2.02.